The van der Waals surface area contributed by atoms with E-state index in [0.29, 0.717) is 5.57 Å². The number of oxime groups is 1. The molecule has 0 radical (unpaired) electrons. The molecule has 3 atom stereocenters. The van der Waals surface area contributed by atoms with E-state index in [1.807, 2.05) is 0 Å². The lowest BCUT2D eigenvalue weighted by atomic mass is 10.0. The van der Waals surface area contributed by atoms with Crippen molar-refractivity contribution in [3.8, 4) is 0 Å². The number of carbonyl (C=O) groups excluding carboxylic acids is 3. The highest BCUT2D eigenvalue weighted by Crippen LogP contribution is 2.58. The van der Waals surface area contributed by atoms with Gasteiger partial charge < -0.3 is 36.9 Å². The second-order valence-electron chi connectivity index (χ2n) is 8.93. The molecule has 224 valence electrons. The smallest absolute Gasteiger partial charge is 0.352 e. The molecule has 4 heterocycles. The number of nitrogen functional groups attached to an aromatic ring is 1. The number of aromatic nitrogens is 1. The van der Waals surface area contributed by atoms with Gasteiger partial charge in [-0.2, -0.15) is 0 Å². The quantitative estimate of drug-likeness (QED) is 0.0457. The fourth-order valence-electron chi connectivity index (χ4n) is 3.79. The van der Waals surface area contributed by atoms with Gasteiger partial charge in [0, 0.05) is 11.1 Å². The van der Waals surface area contributed by atoms with Crippen molar-refractivity contribution < 1.29 is 48.9 Å². The van der Waals surface area contributed by atoms with Gasteiger partial charge in [0.25, 0.3) is 17.7 Å². The first kappa shape index (κ1) is 31.2. The number of amides is 3. The molecule has 0 aromatic carbocycles. The molecule has 0 spiro atoms. The Morgan fingerprint density at radius 3 is 2.40 bits per heavy atom. The molecule has 1 aromatic heterocycles. The lowest BCUT2D eigenvalue weighted by Crippen LogP contribution is -2.71. The van der Waals surface area contributed by atoms with Gasteiger partial charge in [0.2, 0.25) is 5.60 Å². The van der Waals surface area contributed by atoms with Gasteiger partial charge in [-0.1, -0.05) is 35.6 Å². The van der Waals surface area contributed by atoms with Crippen LogP contribution in [0.4, 0.5) is 5.13 Å². The Morgan fingerprint density at radius 2 is 1.90 bits per heavy atom. The summed E-state index contributed by atoms with van der Waals surface area (Å²) in [4.78, 5) is 83.3. The van der Waals surface area contributed by atoms with E-state index in [0.717, 1.165) is 39.8 Å². The SMILES string of the molecule is CCC(C)(O/N=C(\C(=O)N[C@@H]1C(=O)N2C(C(=O)O)=C(C3SC(=C(C(N)=O)C(=O)O)S3)CS[C@H]12)c1csc(N)n1)C(=O)O. The zero-order valence-electron chi connectivity index (χ0n) is 21.6. The third kappa shape index (κ3) is 5.65. The molecule has 3 amide bonds. The Bertz CT molecular complexity index is 1480. The van der Waals surface area contributed by atoms with E-state index in [1.165, 1.54) is 24.1 Å². The lowest BCUT2D eigenvalue weighted by Gasteiger charge is -2.50. The van der Waals surface area contributed by atoms with E-state index < -0.39 is 68.5 Å². The molecule has 20 heteroatoms. The van der Waals surface area contributed by atoms with E-state index >= 15 is 0 Å². The predicted molar refractivity (Wildman–Crippen MR) is 153 cm³/mol. The molecular formula is C22H22N6O10S4. The van der Waals surface area contributed by atoms with Gasteiger partial charge in [-0.25, -0.2) is 19.4 Å². The maximum Gasteiger partial charge on any atom is 0.352 e. The van der Waals surface area contributed by atoms with Gasteiger partial charge in [-0.15, -0.1) is 23.1 Å². The zero-order valence-corrected chi connectivity index (χ0v) is 24.8. The van der Waals surface area contributed by atoms with Crippen molar-refractivity contribution in [3.05, 3.63) is 32.2 Å². The first-order valence-corrected chi connectivity index (χ1v) is 15.4. The number of nitrogens with two attached hydrogens (primary N) is 2. The average molecular weight is 659 g/mol. The van der Waals surface area contributed by atoms with Gasteiger partial charge in [0.1, 0.15) is 28.4 Å². The molecule has 42 heavy (non-hydrogen) atoms. The summed E-state index contributed by atoms with van der Waals surface area (Å²) in [5, 5.41) is 35.6. The van der Waals surface area contributed by atoms with Gasteiger partial charge in [0.15, 0.2) is 10.8 Å². The average Bonchev–Trinajstić information content (AvgIpc) is 3.32. The number of hydrogen-bond acceptors (Lipinski definition) is 14. The van der Waals surface area contributed by atoms with Crippen molar-refractivity contribution in [3.63, 3.8) is 0 Å². The number of thioether (sulfide) groups is 3. The number of primary amides is 1. The van der Waals surface area contributed by atoms with Gasteiger partial charge >= 0.3 is 17.9 Å². The summed E-state index contributed by atoms with van der Waals surface area (Å²) < 4.78 is -0.453. The number of carboxylic acid groups (broad SMARTS) is 3. The van der Waals surface area contributed by atoms with Crippen LogP contribution in [-0.4, -0.2) is 93.9 Å². The maximum absolute atomic E-state index is 13.3. The summed E-state index contributed by atoms with van der Waals surface area (Å²) in [6.07, 6.45) is 0.0103. The zero-order chi connectivity index (χ0) is 31.1. The number of nitrogens with one attached hydrogen (secondary N) is 1. The largest absolute Gasteiger partial charge is 0.478 e. The van der Waals surface area contributed by atoms with Crippen LogP contribution in [0.3, 0.4) is 0 Å². The number of hydrogen-bond donors (Lipinski definition) is 6. The van der Waals surface area contributed by atoms with Gasteiger partial charge in [-0.3, -0.25) is 19.3 Å². The van der Waals surface area contributed by atoms with Crippen LogP contribution in [0.25, 0.3) is 0 Å². The topological polar surface area (TPSA) is 265 Å². The molecule has 16 nitrogen and oxygen atoms in total. The van der Waals surface area contributed by atoms with E-state index in [-0.39, 0.29) is 32.9 Å². The normalized spacial score (nSPS) is 23.1. The van der Waals surface area contributed by atoms with Gasteiger partial charge in [0.05, 0.1) is 8.82 Å². The molecule has 0 bridgehead atoms. The molecule has 2 saturated heterocycles. The summed E-state index contributed by atoms with van der Waals surface area (Å²) >= 11 is 4.06. The Hall–Kier alpha value is -3.75. The molecule has 1 unspecified atom stereocenters. The second kappa shape index (κ2) is 11.9. The summed E-state index contributed by atoms with van der Waals surface area (Å²) in [5.74, 6) is -6.89. The monoisotopic (exact) mass is 658 g/mol. The highest BCUT2D eigenvalue weighted by molar-refractivity contribution is 8.38. The summed E-state index contributed by atoms with van der Waals surface area (Å²) in [7, 11) is 0. The van der Waals surface area contributed by atoms with Crippen molar-refractivity contribution in [2.75, 3.05) is 11.5 Å². The van der Waals surface area contributed by atoms with Crippen LogP contribution in [0.15, 0.2) is 31.6 Å². The van der Waals surface area contributed by atoms with E-state index in [4.69, 9.17) is 16.3 Å². The molecule has 3 aliphatic rings. The summed E-state index contributed by atoms with van der Waals surface area (Å²) in [6.45, 7) is 2.81. The lowest BCUT2D eigenvalue weighted by molar-refractivity contribution is -0.164. The number of nitrogens with zero attached hydrogens (tertiary/aromatic N) is 3. The van der Waals surface area contributed by atoms with Crippen LogP contribution < -0.4 is 16.8 Å². The van der Waals surface area contributed by atoms with E-state index in [2.05, 4.69) is 15.5 Å². The Morgan fingerprint density at radius 1 is 1.24 bits per heavy atom. The minimum atomic E-state index is -1.76. The highest BCUT2D eigenvalue weighted by atomic mass is 32.3. The molecule has 0 saturated carbocycles. The van der Waals surface area contributed by atoms with Crippen molar-refractivity contribution in [2.24, 2.45) is 10.9 Å². The Labute approximate surface area is 253 Å². The second-order valence-corrected chi connectivity index (χ2v) is 13.7. The third-order valence-electron chi connectivity index (χ3n) is 6.31. The molecule has 2 fully saturated rings. The van der Waals surface area contributed by atoms with Crippen LogP contribution in [0, 0.1) is 0 Å². The number of thiazole rings is 1. The molecule has 3 aliphatic heterocycles. The number of rotatable bonds is 11. The van der Waals surface area contributed by atoms with Crippen LogP contribution in [-0.2, 0) is 33.6 Å². The number of fused-ring (bicyclic) bond motifs is 1. The first-order chi connectivity index (χ1) is 19.7. The molecule has 8 N–H and O–H groups in total. The minimum absolute atomic E-state index is 0.0103. The maximum atomic E-state index is 13.3. The van der Waals surface area contributed by atoms with Crippen molar-refractivity contribution >= 4 is 93.1 Å². The fraction of sp³-hybridized carbons (Fsp3) is 0.364. The fourth-order valence-corrected chi connectivity index (χ4v) is 8.50. The van der Waals surface area contributed by atoms with Crippen molar-refractivity contribution in [1.29, 1.82) is 0 Å². The first-order valence-electron chi connectivity index (χ1n) is 11.7. The third-order valence-corrected chi connectivity index (χ3v) is 11.3. The number of β-lactam (4-membered cyclic amide) rings is 1. The Kier molecular flexibility index (Phi) is 8.81. The summed E-state index contributed by atoms with van der Waals surface area (Å²) in [6, 6.07) is -1.16. The molecule has 1 aromatic rings. The van der Waals surface area contributed by atoms with E-state index in [9.17, 15) is 44.1 Å². The van der Waals surface area contributed by atoms with Crippen LogP contribution >= 0.6 is 46.6 Å². The number of carbonyl (C=O) groups is 6. The molecular weight excluding hydrogens is 637 g/mol. The summed E-state index contributed by atoms with van der Waals surface area (Å²) in [5.41, 5.74) is 8.01. The number of anilines is 1. The standard InChI is InChI=1S/C22H22N6O10S4/c1-3-22(2,20(36)37)38-27-9(7-5-40-21(24)25-7)13(30)26-10-14(31)28-11(17(34)35)6(4-39-15(10)28)18-41-19(42-18)8(12(23)29)16(32)33/h5,10,15,18H,3-4H2,1-2H3,(H2,23,29)(H2,24,25)(H,26,30)(H,32,33)(H,34,35)(H,36,37)/b19-8?,27-9-/t10-,15-,18?,22?/m1/s1. The van der Waals surface area contributed by atoms with Crippen molar-refractivity contribution in [2.45, 2.75) is 41.9 Å². The predicted octanol–water partition coefficient (Wildman–Crippen LogP) is 0.0255. The van der Waals surface area contributed by atoms with Crippen LogP contribution in [0.2, 0.25) is 0 Å². The van der Waals surface area contributed by atoms with Crippen LogP contribution in [0.5, 0.6) is 0 Å². The van der Waals surface area contributed by atoms with E-state index in [1.54, 1.807) is 6.92 Å². The number of carboxylic acids is 3. The van der Waals surface area contributed by atoms with Gasteiger partial charge in [-0.05, 0) is 18.9 Å². The minimum Gasteiger partial charge on any atom is -0.478 e. The highest BCUT2D eigenvalue weighted by Gasteiger charge is 2.56. The Balaban J connectivity index is 1.55. The molecule has 0 aliphatic carbocycles. The molecule has 4 rings (SSSR count). The van der Waals surface area contributed by atoms with Crippen molar-refractivity contribution in [1.82, 2.24) is 15.2 Å². The van der Waals surface area contributed by atoms with Crippen LogP contribution in [0.1, 0.15) is 26.0 Å². The number of aliphatic carboxylic acids is 3.